The second-order valence-corrected chi connectivity index (χ2v) is 6.46. The summed E-state index contributed by atoms with van der Waals surface area (Å²) in [7, 11) is 0. The molecule has 1 fully saturated rings. The molecule has 2 aromatic rings. The van der Waals surface area contributed by atoms with Crippen LogP contribution >= 0.6 is 0 Å². The summed E-state index contributed by atoms with van der Waals surface area (Å²) in [6.45, 7) is 4.50. The van der Waals surface area contributed by atoms with E-state index in [0.29, 0.717) is 13.0 Å². The minimum absolute atomic E-state index is 0.203. The topological polar surface area (TPSA) is 49.4 Å². The standard InChI is InChI=1S/C20H21FN2O2/c1-13-8-9-17(11-14(13)2)22-19(24)18-7-4-10-23(18)20(25)15-5-3-6-16(21)12-15/h3,5-6,8-9,11-12,18H,4,7,10H2,1-2H3,(H,22,24)/t18-/m0/s1. The molecule has 0 aromatic heterocycles. The number of hydrogen-bond acceptors (Lipinski definition) is 2. The van der Waals surface area contributed by atoms with E-state index in [4.69, 9.17) is 0 Å². The summed E-state index contributed by atoms with van der Waals surface area (Å²) in [5.41, 5.74) is 3.24. The number of benzene rings is 2. The number of aryl methyl sites for hydroxylation is 2. The number of rotatable bonds is 3. The van der Waals surface area contributed by atoms with Crippen LogP contribution in [0.4, 0.5) is 10.1 Å². The summed E-state index contributed by atoms with van der Waals surface area (Å²) >= 11 is 0. The highest BCUT2D eigenvalue weighted by molar-refractivity contribution is 6.01. The number of amides is 2. The zero-order chi connectivity index (χ0) is 18.0. The normalized spacial score (nSPS) is 16.8. The molecule has 4 nitrogen and oxygen atoms in total. The molecule has 130 valence electrons. The number of nitrogens with one attached hydrogen (secondary N) is 1. The average Bonchev–Trinajstić information content (AvgIpc) is 3.07. The van der Waals surface area contributed by atoms with Crippen LogP contribution in [0.15, 0.2) is 42.5 Å². The molecule has 0 unspecified atom stereocenters. The molecule has 0 bridgehead atoms. The van der Waals surface area contributed by atoms with Crippen molar-refractivity contribution in [3.8, 4) is 0 Å². The van der Waals surface area contributed by atoms with E-state index >= 15 is 0 Å². The van der Waals surface area contributed by atoms with Crippen LogP contribution in [0.2, 0.25) is 0 Å². The minimum Gasteiger partial charge on any atom is -0.327 e. The van der Waals surface area contributed by atoms with Crippen LogP contribution in [0, 0.1) is 19.7 Å². The smallest absolute Gasteiger partial charge is 0.254 e. The Morgan fingerprint density at radius 1 is 1.12 bits per heavy atom. The molecular formula is C20H21FN2O2. The highest BCUT2D eigenvalue weighted by Gasteiger charge is 2.34. The van der Waals surface area contributed by atoms with Gasteiger partial charge in [-0.25, -0.2) is 4.39 Å². The Kier molecular flexibility index (Phi) is 4.83. The molecule has 1 heterocycles. The molecule has 25 heavy (non-hydrogen) atoms. The van der Waals surface area contributed by atoms with E-state index in [2.05, 4.69) is 5.32 Å². The number of hydrogen-bond donors (Lipinski definition) is 1. The quantitative estimate of drug-likeness (QED) is 0.926. The predicted octanol–water partition coefficient (Wildman–Crippen LogP) is 3.69. The summed E-state index contributed by atoms with van der Waals surface area (Å²) in [5.74, 6) is -0.969. The Labute approximate surface area is 146 Å². The summed E-state index contributed by atoms with van der Waals surface area (Å²) in [5, 5.41) is 2.89. The molecule has 0 saturated carbocycles. The number of carbonyl (C=O) groups excluding carboxylic acids is 2. The molecular weight excluding hydrogens is 319 g/mol. The van der Waals surface area contributed by atoms with Gasteiger partial charge in [0.1, 0.15) is 11.9 Å². The van der Waals surface area contributed by atoms with Crippen molar-refractivity contribution in [2.24, 2.45) is 0 Å². The summed E-state index contributed by atoms with van der Waals surface area (Å²) in [6, 6.07) is 10.8. The van der Waals surface area contributed by atoms with E-state index in [9.17, 15) is 14.0 Å². The summed E-state index contributed by atoms with van der Waals surface area (Å²) < 4.78 is 13.4. The van der Waals surface area contributed by atoms with Gasteiger partial charge in [0, 0.05) is 17.8 Å². The molecule has 5 heteroatoms. The van der Waals surface area contributed by atoms with E-state index in [-0.39, 0.29) is 17.4 Å². The lowest BCUT2D eigenvalue weighted by Gasteiger charge is -2.24. The van der Waals surface area contributed by atoms with Crippen molar-refractivity contribution < 1.29 is 14.0 Å². The first-order chi connectivity index (χ1) is 12.0. The molecule has 0 spiro atoms. The van der Waals surface area contributed by atoms with Crippen LogP contribution in [0.3, 0.4) is 0 Å². The van der Waals surface area contributed by atoms with Gasteiger partial charge in [-0.2, -0.15) is 0 Å². The lowest BCUT2D eigenvalue weighted by Crippen LogP contribution is -2.43. The maximum atomic E-state index is 13.4. The largest absolute Gasteiger partial charge is 0.327 e. The zero-order valence-corrected chi connectivity index (χ0v) is 14.4. The fraction of sp³-hybridized carbons (Fsp3) is 0.300. The molecule has 1 atom stereocenters. The number of carbonyl (C=O) groups is 2. The molecule has 1 aliphatic heterocycles. The summed E-state index contributed by atoms with van der Waals surface area (Å²) in [4.78, 5) is 26.8. The molecule has 0 radical (unpaired) electrons. The van der Waals surface area contributed by atoms with Crippen molar-refractivity contribution >= 4 is 17.5 Å². The second-order valence-electron chi connectivity index (χ2n) is 6.46. The molecule has 1 saturated heterocycles. The van der Waals surface area contributed by atoms with E-state index in [1.165, 1.54) is 23.1 Å². The molecule has 3 rings (SSSR count). The maximum absolute atomic E-state index is 13.4. The Morgan fingerprint density at radius 3 is 2.64 bits per heavy atom. The van der Waals surface area contributed by atoms with Gasteiger partial charge in [0.2, 0.25) is 5.91 Å². The third-order valence-corrected chi connectivity index (χ3v) is 4.66. The highest BCUT2D eigenvalue weighted by atomic mass is 19.1. The lowest BCUT2D eigenvalue weighted by atomic mass is 10.1. The van der Waals surface area contributed by atoms with Gasteiger partial charge in [-0.3, -0.25) is 9.59 Å². The predicted molar refractivity (Wildman–Crippen MR) is 95.0 cm³/mol. The number of likely N-dealkylation sites (tertiary alicyclic amines) is 1. The van der Waals surface area contributed by atoms with Gasteiger partial charge in [-0.1, -0.05) is 12.1 Å². The summed E-state index contributed by atoms with van der Waals surface area (Å²) in [6.07, 6.45) is 1.36. The molecule has 2 amide bonds. The third-order valence-electron chi connectivity index (χ3n) is 4.66. The van der Waals surface area contributed by atoms with E-state index in [1.54, 1.807) is 6.07 Å². The molecule has 0 aliphatic carbocycles. The lowest BCUT2D eigenvalue weighted by molar-refractivity contribution is -0.119. The van der Waals surface area contributed by atoms with Crippen molar-refractivity contribution in [1.29, 1.82) is 0 Å². The van der Waals surface area contributed by atoms with E-state index in [1.807, 2.05) is 32.0 Å². The molecule has 1 N–H and O–H groups in total. The monoisotopic (exact) mass is 340 g/mol. The van der Waals surface area contributed by atoms with Crippen LogP contribution < -0.4 is 5.32 Å². The van der Waals surface area contributed by atoms with Gasteiger partial charge in [-0.15, -0.1) is 0 Å². The van der Waals surface area contributed by atoms with Crippen LogP contribution in [-0.2, 0) is 4.79 Å². The second kappa shape index (κ2) is 7.05. The van der Waals surface area contributed by atoms with Crippen molar-refractivity contribution in [2.45, 2.75) is 32.7 Å². The number of anilines is 1. The first kappa shape index (κ1) is 17.1. The average molecular weight is 340 g/mol. The Bertz CT molecular complexity index is 819. The Balaban J connectivity index is 1.75. The fourth-order valence-electron chi connectivity index (χ4n) is 3.11. The van der Waals surface area contributed by atoms with Gasteiger partial charge < -0.3 is 10.2 Å². The zero-order valence-electron chi connectivity index (χ0n) is 14.4. The van der Waals surface area contributed by atoms with E-state index in [0.717, 1.165) is 23.2 Å². The van der Waals surface area contributed by atoms with Crippen LogP contribution in [0.1, 0.15) is 34.3 Å². The maximum Gasteiger partial charge on any atom is 0.254 e. The van der Waals surface area contributed by atoms with Crippen molar-refractivity contribution in [1.82, 2.24) is 4.90 Å². The van der Waals surface area contributed by atoms with Gasteiger partial charge in [0.25, 0.3) is 5.91 Å². The van der Waals surface area contributed by atoms with Crippen molar-refractivity contribution in [3.05, 3.63) is 65.0 Å². The highest BCUT2D eigenvalue weighted by Crippen LogP contribution is 2.23. The number of halogens is 1. The van der Waals surface area contributed by atoms with Gasteiger partial charge in [0.05, 0.1) is 0 Å². The molecule has 1 aliphatic rings. The SMILES string of the molecule is Cc1ccc(NC(=O)[C@@H]2CCCN2C(=O)c2cccc(F)c2)cc1C. The minimum atomic E-state index is -0.530. The van der Waals surface area contributed by atoms with Gasteiger partial charge >= 0.3 is 0 Å². The third kappa shape index (κ3) is 3.71. The first-order valence-electron chi connectivity index (χ1n) is 8.40. The van der Waals surface area contributed by atoms with Crippen molar-refractivity contribution in [3.63, 3.8) is 0 Å². The Hall–Kier alpha value is -2.69. The Morgan fingerprint density at radius 2 is 1.92 bits per heavy atom. The first-order valence-corrected chi connectivity index (χ1v) is 8.40. The van der Waals surface area contributed by atoms with Crippen LogP contribution in [0.25, 0.3) is 0 Å². The van der Waals surface area contributed by atoms with Crippen molar-refractivity contribution in [2.75, 3.05) is 11.9 Å². The van der Waals surface area contributed by atoms with Gasteiger partial charge in [-0.05, 0) is 68.1 Å². The van der Waals surface area contributed by atoms with Crippen LogP contribution in [0.5, 0.6) is 0 Å². The fourth-order valence-corrected chi connectivity index (χ4v) is 3.11. The molecule has 2 aromatic carbocycles. The van der Waals surface area contributed by atoms with E-state index < -0.39 is 11.9 Å². The van der Waals surface area contributed by atoms with Gasteiger partial charge in [0.15, 0.2) is 0 Å². The van der Waals surface area contributed by atoms with Crippen LogP contribution in [-0.4, -0.2) is 29.3 Å². The number of nitrogens with zero attached hydrogens (tertiary/aromatic N) is 1.